The van der Waals surface area contributed by atoms with E-state index < -0.39 is 0 Å². The SMILES string of the molecule is COc1ccc(-c2cc(-c3nnc4n3CCN([C@H]3CC[C@@](CN)(c5cccc(Cl)c5)CC3)C4=O)on2)cc1.Cl.Cl. The maximum Gasteiger partial charge on any atom is 0.292 e. The Morgan fingerprint density at radius 1 is 1.05 bits per heavy atom. The highest BCUT2D eigenvalue weighted by Gasteiger charge is 2.41. The van der Waals surface area contributed by atoms with Crippen LogP contribution in [-0.4, -0.2) is 57.0 Å². The molecule has 9 nitrogen and oxygen atoms in total. The van der Waals surface area contributed by atoms with Crippen LogP contribution in [0.15, 0.2) is 59.1 Å². The molecule has 1 aliphatic carbocycles. The molecule has 0 spiro atoms. The molecule has 4 aromatic rings. The Balaban J connectivity index is 0.00000185. The smallest absolute Gasteiger partial charge is 0.292 e. The molecule has 0 bridgehead atoms. The van der Waals surface area contributed by atoms with E-state index in [1.54, 1.807) is 7.11 Å². The van der Waals surface area contributed by atoms with E-state index in [1.165, 1.54) is 5.56 Å². The number of rotatable bonds is 6. The monoisotopic (exact) mass is 604 g/mol. The molecule has 40 heavy (non-hydrogen) atoms. The van der Waals surface area contributed by atoms with Gasteiger partial charge in [-0.1, -0.05) is 28.9 Å². The van der Waals surface area contributed by atoms with E-state index in [-0.39, 0.29) is 42.2 Å². The predicted octanol–water partition coefficient (Wildman–Crippen LogP) is 5.40. The van der Waals surface area contributed by atoms with Crippen molar-refractivity contribution in [3.63, 3.8) is 0 Å². The summed E-state index contributed by atoms with van der Waals surface area (Å²) in [5, 5.41) is 13.5. The van der Waals surface area contributed by atoms with Crippen LogP contribution in [0.4, 0.5) is 0 Å². The standard InChI is InChI=1S/C28H29ClN6O3.2ClH/c1-37-22-7-5-18(6-8-22)23-16-24(38-33-23)25-31-32-26-27(36)34(13-14-35(25)26)21-9-11-28(17-30,12-10-21)19-3-2-4-20(29)15-19;;/h2-8,15-16,21H,9-14,17,30H2,1H3;2*1H/t21-,28+;;. The third-order valence-corrected chi connectivity index (χ3v) is 8.30. The highest BCUT2D eigenvalue weighted by molar-refractivity contribution is 6.30. The van der Waals surface area contributed by atoms with E-state index in [2.05, 4.69) is 21.4 Å². The van der Waals surface area contributed by atoms with Gasteiger partial charge in [-0.05, 0) is 67.6 Å². The zero-order valence-electron chi connectivity index (χ0n) is 22.0. The van der Waals surface area contributed by atoms with E-state index >= 15 is 0 Å². The minimum absolute atomic E-state index is 0. The van der Waals surface area contributed by atoms with Crippen LogP contribution in [0.3, 0.4) is 0 Å². The first kappa shape index (κ1) is 29.9. The number of benzene rings is 2. The van der Waals surface area contributed by atoms with Gasteiger partial charge < -0.3 is 19.9 Å². The number of fused-ring (bicyclic) bond motifs is 1. The van der Waals surface area contributed by atoms with Crippen LogP contribution in [0.25, 0.3) is 22.8 Å². The fourth-order valence-corrected chi connectivity index (χ4v) is 6.01. The Bertz CT molecular complexity index is 1460. The summed E-state index contributed by atoms with van der Waals surface area (Å²) in [6.45, 7) is 1.74. The molecular weight excluding hydrogens is 575 g/mol. The van der Waals surface area contributed by atoms with Crippen molar-refractivity contribution >= 4 is 42.3 Å². The van der Waals surface area contributed by atoms with Crippen molar-refractivity contribution in [2.45, 2.75) is 43.7 Å². The van der Waals surface area contributed by atoms with Crippen molar-refractivity contribution in [3.05, 3.63) is 71.0 Å². The van der Waals surface area contributed by atoms with Gasteiger partial charge in [-0.15, -0.1) is 35.0 Å². The number of carbonyl (C=O) groups is 1. The van der Waals surface area contributed by atoms with E-state index in [0.717, 1.165) is 42.0 Å². The fraction of sp³-hybridized carbons (Fsp3) is 0.357. The van der Waals surface area contributed by atoms with Crippen LogP contribution in [0, 0.1) is 0 Å². The quantitative estimate of drug-likeness (QED) is 0.313. The van der Waals surface area contributed by atoms with Gasteiger partial charge in [0.1, 0.15) is 11.4 Å². The largest absolute Gasteiger partial charge is 0.497 e. The van der Waals surface area contributed by atoms with Gasteiger partial charge in [0, 0.05) is 47.7 Å². The van der Waals surface area contributed by atoms with Crippen LogP contribution in [0.1, 0.15) is 41.9 Å². The van der Waals surface area contributed by atoms with Crippen molar-refractivity contribution in [3.8, 4) is 28.6 Å². The summed E-state index contributed by atoms with van der Waals surface area (Å²) in [4.78, 5) is 15.4. The van der Waals surface area contributed by atoms with E-state index in [1.807, 2.05) is 58.0 Å². The maximum atomic E-state index is 13.5. The summed E-state index contributed by atoms with van der Waals surface area (Å²) in [5.41, 5.74) is 8.92. The van der Waals surface area contributed by atoms with Gasteiger partial charge in [-0.3, -0.25) is 9.36 Å². The second-order valence-corrected chi connectivity index (χ2v) is 10.5. The maximum absolute atomic E-state index is 13.5. The second kappa shape index (κ2) is 12.2. The molecule has 2 aliphatic rings. The lowest BCUT2D eigenvalue weighted by atomic mass is 9.68. The minimum Gasteiger partial charge on any atom is -0.497 e. The van der Waals surface area contributed by atoms with Crippen molar-refractivity contribution in [1.29, 1.82) is 0 Å². The first-order valence-corrected chi connectivity index (χ1v) is 13.2. The Morgan fingerprint density at radius 2 is 1.77 bits per heavy atom. The van der Waals surface area contributed by atoms with Gasteiger partial charge in [0.25, 0.3) is 5.91 Å². The molecule has 0 unspecified atom stereocenters. The van der Waals surface area contributed by atoms with E-state index in [0.29, 0.717) is 42.7 Å². The number of halogens is 3. The Labute approximate surface area is 249 Å². The molecule has 0 saturated heterocycles. The molecule has 2 N–H and O–H groups in total. The summed E-state index contributed by atoms with van der Waals surface area (Å²) in [6, 6.07) is 17.5. The number of aromatic nitrogens is 4. The van der Waals surface area contributed by atoms with Gasteiger partial charge in [-0.2, -0.15) is 0 Å². The van der Waals surface area contributed by atoms with Crippen molar-refractivity contribution in [1.82, 2.24) is 24.8 Å². The Morgan fingerprint density at radius 3 is 2.45 bits per heavy atom. The zero-order valence-corrected chi connectivity index (χ0v) is 24.3. The van der Waals surface area contributed by atoms with Gasteiger partial charge in [0.2, 0.25) is 17.4 Å². The molecule has 212 valence electrons. The van der Waals surface area contributed by atoms with E-state index in [9.17, 15) is 4.79 Å². The Hall–Kier alpha value is -3.11. The molecule has 1 aliphatic heterocycles. The lowest BCUT2D eigenvalue weighted by Gasteiger charge is -2.44. The summed E-state index contributed by atoms with van der Waals surface area (Å²) < 4.78 is 12.7. The summed E-state index contributed by atoms with van der Waals surface area (Å²) >= 11 is 6.27. The number of carbonyl (C=O) groups excluding carboxylic acids is 1. The average molecular weight is 606 g/mol. The lowest BCUT2D eigenvalue weighted by Crippen LogP contribution is -2.50. The third kappa shape index (κ3) is 5.31. The number of nitrogens with two attached hydrogens (primary N) is 1. The lowest BCUT2D eigenvalue weighted by molar-refractivity contribution is 0.0523. The molecule has 3 heterocycles. The predicted molar refractivity (Wildman–Crippen MR) is 157 cm³/mol. The van der Waals surface area contributed by atoms with Crippen LogP contribution in [0.2, 0.25) is 5.02 Å². The number of methoxy groups -OCH3 is 1. The first-order valence-electron chi connectivity index (χ1n) is 12.8. The van der Waals surface area contributed by atoms with Crippen molar-refractivity contribution < 1.29 is 14.1 Å². The molecule has 2 aromatic carbocycles. The molecular formula is C28H31Cl3N6O3. The Kier molecular flexibility index (Phi) is 9.09. The third-order valence-electron chi connectivity index (χ3n) is 8.06. The van der Waals surface area contributed by atoms with Gasteiger partial charge >= 0.3 is 0 Å². The van der Waals surface area contributed by atoms with Crippen LogP contribution >= 0.6 is 36.4 Å². The molecule has 0 radical (unpaired) electrons. The first-order chi connectivity index (χ1) is 18.5. The molecule has 1 fully saturated rings. The van der Waals surface area contributed by atoms with Gasteiger partial charge in [0.15, 0.2) is 0 Å². The second-order valence-electron chi connectivity index (χ2n) is 10.0. The fourth-order valence-electron chi connectivity index (χ4n) is 5.82. The minimum atomic E-state index is -0.110. The highest BCUT2D eigenvalue weighted by Crippen LogP contribution is 2.41. The van der Waals surface area contributed by atoms with E-state index in [4.69, 9.17) is 26.6 Å². The molecule has 1 saturated carbocycles. The number of amides is 1. The van der Waals surface area contributed by atoms with Crippen LogP contribution < -0.4 is 10.5 Å². The van der Waals surface area contributed by atoms with Crippen molar-refractivity contribution in [2.24, 2.45) is 5.73 Å². The number of ether oxygens (including phenoxy) is 1. The summed E-state index contributed by atoms with van der Waals surface area (Å²) in [7, 11) is 1.63. The highest BCUT2D eigenvalue weighted by atomic mass is 35.5. The van der Waals surface area contributed by atoms with Crippen molar-refractivity contribution in [2.75, 3.05) is 20.2 Å². The van der Waals surface area contributed by atoms with Gasteiger partial charge in [-0.25, -0.2) is 0 Å². The number of hydrogen-bond acceptors (Lipinski definition) is 7. The van der Waals surface area contributed by atoms with Gasteiger partial charge in [0.05, 0.1) is 7.11 Å². The zero-order chi connectivity index (χ0) is 26.3. The van der Waals surface area contributed by atoms with Crippen LogP contribution in [0.5, 0.6) is 5.75 Å². The molecule has 12 heteroatoms. The number of nitrogens with zero attached hydrogens (tertiary/aromatic N) is 5. The molecule has 0 atom stereocenters. The normalized spacial score (nSPS) is 20.3. The number of hydrogen-bond donors (Lipinski definition) is 1. The van der Waals surface area contributed by atoms with Crippen LogP contribution in [-0.2, 0) is 12.0 Å². The summed E-state index contributed by atoms with van der Waals surface area (Å²) in [6.07, 6.45) is 3.57. The average Bonchev–Trinajstić information content (AvgIpc) is 3.61. The molecule has 2 aromatic heterocycles. The topological polar surface area (TPSA) is 112 Å². The summed E-state index contributed by atoms with van der Waals surface area (Å²) in [5.74, 6) is 1.98. The molecule has 1 amide bonds. The molecule has 6 rings (SSSR count).